The van der Waals surface area contributed by atoms with Crippen molar-refractivity contribution >= 4 is 5.69 Å². The minimum absolute atomic E-state index is 0. The summed E-state index contributed by atoms with van der Waals surface area (Å²) in [6.07, 6.45) is 0. The van der Waals surface area contributed by atoms with Crippen molar-refractivity contribution in [3.8, 4) is 5.75 Å². The summed E-state index contributed by atoms with van der Waals surface area (Å²) in [5, 5.41) is 18.8. The molecule has 0 atom stereocenters. The molecule has 0 spiro atoms. The van der Waals surface area contributed by atoms with Crippen LogP contribution < -0.4 is 0 Å². The van der Waals surface area contributed by atoms with Crippen LogP contribution in [0.25, 0.3) is 0 Å². The number of hydrogen-bond donors (Lipinski definition) is 1. The van der Waals surface area contributed by atoms with Crippen LogP contribution >= 0.6 is 0 Å². The second-order valence-electron chi connectivity index (χ2n) is 1.77. The predicted molar refractivity (Wildman–Crippen MR) is 34.8 cm³/mol. The monoisotopic (exact) mass is 202 g/mol. The molecule has 0 saturated carbocycles. The van der Waals surface area contributed by atoms with E-state index in [0.717, 1.165) is 0 Å². The van der Waals surface area contributed by atoms with Gasteiger partial charge in [-0.25, -0.2) is 0 Å². The molecule has 1 aromatic rings. The Morgan fingerprint density at radius 2 is 1.73 bits per heavy atom. The first-order chi connectivity index (χ1) is 4.70. The van der Waals surface area contributed by atoms with E-state index in [0.29, 0.717) is 0 Å². The largest absolute Gasteiger partial charge is 0.508 e. The molecule has 0 aliphatic heterocycles. The van der Waals surface area contributed by atoms with Crippen LogP contribution in [0.3, 0.4) is 0 Å². The van der Waals surface area contributed by atoms with Crippen LogP contribution in [0, 0.1) is 10.1 Å². The fourth-order valence-electron chi connectivity index (χ4n) is 0.574. The molecular formula is C6H5CuNO3. The SMILES string of the molecule is O=[N+]([O-])c1ccc(O)cc1.[Cu]. The first-order valence-electron chi connectivity index (χ1n) is 2.63. The average Bonchev–Trinajstić information content (AvgIpc) is 1.88. The predicted octanol–water partition coefficient (Wildman–Crippen LogP) is 1.30. The van der Waals surface area contributed by atoms with E-state index < -0.39 is 4.92 Å². The minimum Gasteiger partial charge on any atom is -0.508 e. The molecule has 1 rings (SSSR count). The maximum absolute atomic E-state index is 10.0. The maximum Gasteiger partial charge on any atom is 0.269 e. The summed E-state index contributed by atoms with van der Waals surface area (Å²) in [4.78, 5) is 9.52. The van der Waals surface area contributed by atoms with E-state index in [-0.39, 0.29) is 28.5 Å². The summed E-state index contributed by atoms with van der Waals surface area (Å²) in [6.45, 7) is 0. The Labute approximate surface area is 73.5 Å². The number of non-ortho nitro benzene ring substituents is 1. The molecule has 0 saturated heterocycles. The fraction of sp³-hybridized carbons (Fsp3) is 0. The summed E-state index contributed by atoms with van der Waals surface area (Å²) < 4.78 is 0. The number of hydrogen-bond acceptors (Lipinski definition) is 3. The van der Waals surface area contributed by atoms with E-state index in [2.05, 4.69) is 0 Å². The third-order valence-corrected chi connectivity index (χ3v) is 1.06. The van der Waals surface area contributed by atoms with Gasteiger partial charge in [-0.1, -0.05) is 0 Å². The molecule has 0 aliphatic carbocycles. The molecule has 5 heteroatoms. The first kappa shape index (κ1) is 9.94. The van der Waals surface area contributed by atoms with E-state index >= 15 is 0 Å². The van der Waals surface area contributed by atoms with Gasteiger partial charge in [-0.05, 0) is 12.1 Å². The number of phenolic OH excluding ortho intramolecular Hbond substituents is 1. The summed E-state index contributed by atoms with van der Waals surface area (Å²) in [7, 11) is 0. The van der Waals surface area contributed by atoms with Crippen LogP contribution in [0.15, 0.2) is 24.3 Å². The van der Waals surface area contributed by atoms with E-state index in [1.165, 1.54) is 24.3 Å². The van der Waals surface area contributed by atoms with Gasteiger partial charge < -0.3 is 5.11 Å². The molecule has 0 heterocycles. The van der Waals surface area contributed by atoms with Crippen molar-refractivity contribution in [2.75, 3.05) is 0 Å². The molecule has 11 heavy (non-hydrogen) atoms. The van der Waals surface area contributed by atoms with Gasteiger partial charge in [0.2, 0.25) is 0 Å². The second-order valence-corrected chi connectivity index (χ2v) is 1.77. The summed E-state index contributed by atoms with van der Waals surface area (Å²) in [5.74, 6) is 0.0330. The summed E-state index contributed by atoms with van der Waals surface area (Å²) in [6, 6.07) is 5.04. The third kappa shape index (κ3) is 2.57. The minimum atomic E-state index is -0.514. The normalized spacial score (nSPS) is 8.36. The molecule has 0 amide bonds. The van der Waals surface area contributed by atoms with E-state index in [9.17, 15) is 10.1 Å². The van der Waals surface area contributed by atoms with E-state index in [1.807, 2.05) is 0 Å². The molecule has 1 aromatic carbocycles. The van der Waals surface area contributed by atoms with Gasteiger partial charge in [-0.15, -0.1) is 0 Å². The number of aromatic hydroxyl groups is 1. The number of nitro benzene ring substituents is 1. The van der Waals surface area contributed by atoms with Crippen LogP contribution in [0.4, 0.5) is 5.69 Å². The Balaban J connectivity index is 0.000001000. The van der Waals surface area contributed by atoms with Gasteiger partial charge in [0.25, 0.3) is 5.69 Å². The van der Waals surface area contributed by atoms with Gasteiger partial charge in [-0.3, -0.25) is 10.1 Å². The van der Waals surface area contributed by atoms with Crippen molar-refractivity contribution in [2.45, 2.75) is 0 Å². The van der Waals surface area contributed by atoms with Crippen LogP contribution in [0.5, 0.6) is 5.75 Å². The molecule has 0 fully saturated rings. The number of phenols is 1. The number of benzene rings is 1. The Bertz CT molecular complexity index is 247. The standard InChI is InChI=1S/C6H5NO3.Cu/c8-6-3-1-5(2-4-6)7(9)10;/h1-4,8H;. The maximum atomic E-state index is 10.0. The van der Waals surface area contributed by atoms with E-state index in [4.69, 9.17) is 5.11 Å². The zero-order valence-electron chi connectivity index (χ0n) is 5.32. The zero-order valence-corrected chi connectivity index (χ0v) is 6.26. The van der Waals surface area contributed by atoms with Crippen molar-refractivity contribution in [1.82, 2.24) is 0 Å². The molecule has 4 nitrogen and oxygen atoms in total. The quantitative estimate of drug-likeness (QED) is 0.424. The topological polar surface area (TPSA) is 63.4 Å². The Hall–Kier alpha value is -1.06. The number of rotatable bonds is 1. The van der Waals surface area contributed by atoms with Crippen molar-refractivity contribution in [3.05, 3.63) is 34.4 Å². The van der Waals surface area contributed by atoms with Crippen molar-refractivity contribution in [2.24, 2.45) is 0 Å². The number of nitrogens with zero attached hydrogens (tertiary/aromatic N) is 1. The van der Waals surface area contributed by atoms with Crippen LogP contribution in [-0.4, -0.2) is 10.0 Å². The van der Waals surface area contributed by atoms with Gasteiger partial charge in [0, 0.05) is 29.2 Å². The molecule has 0 aromatic heterocycles. The van der Waals surface area contributed by atoms with Crippen LogP contribution in [0.2, 0.25) is 0 Å². The van der Waals surface area contributed by atoms with Gasteiger partial charge >= 0.3 is 0 Å². The van der Waals surface area contributed by atoms with Crippen LogP contribution in [-0.2, 0) is 17.1 Å². The molecule has 0 bridgehead atoms. The summed E-state index contributed by atoms with van der Waals surface area (Å²) >= 11 is 0. The van der Waals surface area contributed by atoms with Crippen molar-refractivity contribution in [3.63, 3.8) is 0 Å². The molecule has 63 valence electrons. The number of nitro groups is 1. The van der Waals surface area contributed by atoms with Gasteiger partial charge in [-0.2, -0.15) is 0 Å². The zero-order chi connectivity index (χ0) is 7.56. The summed E-state index contributed by atoms with van der Waals surface area (Å²) in [5.41, 5.74) is -0.0159. The average molecular weight is 203 g/mol. The van der Waals surface area contributed by atoms with Crippen LogP contribution in [0.1, 0.15) is 0 Å². The van der Waals surface area contributed by atoms with Gasteiger partial charge in [0.15, 0.2) is 0 Å². The Morgan fingerprint density at radius 1 is 1.27 bits per heavy atom. The van der Waals surface area contributed by atoms with Gasteiger partial charge in [0.1, 0.15) is 5.75 Å². The molecule has 0 aliphatic rings. The smallest absolute Gasteiger partial charge is 0.269 e. The Morgan fingerprint density at radius 3 is 2.09 bits per heavy atom. The fourth-order valence-corrected chi connectivity index (χ4v) is 0.574. The Kier molecular flexibility index (Phi) is 3.57. The first-order valence-corrected chi connectivity index (χ1v) is 2.63. The second kappa shape index (κ2) is 3.95. The molecule has 0 unspecified atom stereocenters. The van der Waals surface area contributed by atoms with Gasteiger partial charge in [0.05, 0.1) is 4.92 Å². The van der Waals surface area contributed by atoms with Crippen molar-refractivity contribution in [1.29, 1.82) is 0 Å². The third-order valence-electron chi connectivity index (χ3n) is 1.06. The van der Waals surface area contributed by atoms with Crippen molar-refractivity contribution < 1.29 is 27.1 Å². The molecular weight excluding hydrogens is 198 g/mol. The van der Waals surface area contributed by atoms with E-state index in [1.54, 1.807) is 0 Å². The molecule has 1 radical (unpaired) electrons. The molecule has 1 N–H and O–H groups in total.